The van der Waals surface area contributed by atoms with Gasteiger partial charge in [-0.2, -0.15) is 0 Å². The van der Waals surface area contributed by atoms with E-state index < -0.39 is 11.9 Å². The minimum atomic E-state index is -0.576. The van der Waals surface area contributed by atoms with Gasteiger partial charge in [-0.3, -0.25) is 0 Å². The van der Waals surface area contributed by atoms with Crippen LogP contribution in [0.5, 0.6) is 11.5 Å². The quantitative estimate of drug-likeness (QED) is 0.554. The molecule has 6 nitrogen and oxygen atoms in total. The van der Waals surface area contributed by atoms with Crippen molar-refractivity contribution < 1.29 is 28.5 Å². The highest BCUT2D eigenvalue weighted by molar-refractivity contribution is 6.30. The molecule has 0 unspecified atom stereocenters. The van der Waals surface area contributed by atoms with E-state index in [1.807, 2.05) is 0 Å². The maximum absolute atomic E-state index is 11.7. The Morgan fingerprint density at radius 3 is 1.76 bits per heavy atom. The van der Waals surface area contributed by atoms with Gasteiger partial charge in [0.1, 0.15) is 24.7 Å². The molecule has 0 heterocycles. The normalized spacial score (nSPS) is 10.0. The first-order valence-corrected chi connectivity index (χ1v) is 7.74. The Labute approximate surface area is 150 Å². The average Bonchev–Trinajstić information content (AvgIpc) is 2.65. The molecular weight excluding hydrogens is 348 g/mol. The first kappa shape index (κ1) is 18.6. The molecule has 7 heteroatoms. The monoisotopic (exact) mass is 364 g/mol. The fourth-order valence-corrected chi connectivity index (χ4v) is 2.13. The highest BCUT2D eigenvalue weighted by Crippen LogP contribution is 2.19. The summed E-state index contributed by atoms with van der Waals surface area (Å²) in [5.74, 6) is -0.157. The average molecular weight is 365 g/mol. The summed E-state index contributed by atoms with van der Waals surface area (Å²) in [6, 6.07) is 11.3. The van der Waals surface area contributed by atoms with Crippen LogP contribution in [0.1, 0.15) is 20.7 Å². The first-order chi connectivity index (χ1) is 12.0. The molecule has 0 atom stereocenters. The predicted molar refractivity (Wildman–Crippen MR) is 91.6 cm³/mol. The smallest absolute Gasteiger partial charge is 0.338 e. The van der Waals surface area contributed by atoms with Crippen LogP contribution in [-0.4, -0.2) is 39.4 Å². The van der Waals surface area contributed by atoms with Crippen LogP contribution in [0.2, 0.25) is 5.02 Å². The van der Waals surface area contributed by atoms with Crippen LogP contribution < -0.4 is 9.47 Å². The molecule has 0 aromatic heterocycles. The van der Waals surface area contributed by atoms with E-state index in [1.165, 1.54) is 32.4 Å². The third-order valence-electron chi connectivity index (χ3n) is 3.18. The fraction of sp³-hybridized carbons (Fsp3) is 0.222. The van der Waals surface area contributed by atoms with Crippen molar-refractivity contribution in [1.82, 2.24) is 0 Å². The lowest BCUT2D eigenvalue weighted by Crippen LogP contribution is -2.11. The van der Waals surface area contributed by atoms with Crippen LogP contribution in [0.3, 0.4) is 0 Å². The molecule has 0 aliphatic rings. The van der Waals surface area contributed by atoms with Gasteiger partial charge in [0.25, 0.3) is 0 Å². The van der Waals surface area contributed by atoms with Crippen LogP contribution in [0.25, 0.3) is 0 Å². The molecule has 0 aliphatic carbocycles. The van der Waals surface area contributed by atoms with Gasteiger partial charge >= 0.3 is 11.9 Å². The molecule has 2 aromatic carbocycles. The highest BCUT2D eigenvalue weighted by atomic mass is 35.5. The van der Waals surface area contributed by atoms with E-state index in [1.54, 1.807) is 24.3 Å². The Morgan fingerprint density at radius 2 is 1.28 bits per heavy atom. The third kappa shape index (κ3) is 5.39. The molecule has 2 aromatic rings. The second-order valence-corrected chi connectivity index (χ2v) is 5.32. The van der Waals surface area contributed by atoms with Crippen LogP contribution >= 0.6 is 11.6 Å². The number of hydrogen-bond acceptors (Lipinski definition) is 6. The van der Waals surface area contributed by atoms with E-state index in [0.29, 0.717) is 16.5 Å². The van der Waals surface area contributed by atoms with Crippen molar-refractivity contribution in [3.05, 3.63) is 58.6 Å². The Hall–Kier alpha value is -2.73. The highest BCUT2D eigenvalue weighted by Gasteiger charge is 2.14. The Bertz CT molecular complexity index is 707. The maximum atomic E-state index is 11.7. The molecule has 0 saturated carbocycles. The zero-order valence-electron chi connectivity index (χ0n) is 13.8. The van der Waals surface area contributed by atoms with Crippen LogP contribution in [-0.2, 0) is 9.47 Å². The number of ether oxygens (including phenoxy) is 4. The van der Waals surface area contributed by atoms with Crippen molar-refractivity contribution in [1.29, 1.82) is 0 Å². The van der Waals surface area contributed by atoms with E-state index in [-0.39, 0.29) is 24.3 Å². The van der Waals surface area contributed by atoms with Crippen LogP contribution in [0.4, 0.5) is 0 Å². The summed E-state index contributed by atoms with van der Waals surface area (Å²) in [5.41, 5.74) is 0.387. The summed E-state index contributed by atoms with van der Waals surface area (Å²) in [5, 5.41) is 0.624. The molecule has 0 N–H and O–H groups in total. The van der Waals surface area contributed by atoms with E-state index in [0.717, 1.165) is 0 Å². The lowest BCUT2D eigenvalue weighted by Gasteiger charge is -2.11. The van der Waals surface area contributed by atoms with Gasteiger partial charge < -0.3 is 18.9 Å². The Morgan fingerprint density at radius 1 is 0.800 bits per heavy atom. The number of methoxy groups -OCH3 is 2. The Kier molecular flexibility index (Phi) is 6.65. The minimum absolute atomic E-state index is 0.194. The summed E-state index contributed by atoms with van der Waals surface area (Å²) < 4.78 is 20.4. The molecule has 0 bridgehead atoms. The van der Waals surface area contributed by atoms with Gasteiger partial charge in [-0.15, -0.1) is 0 Å². The van der Waals surface area contributed by atoms with Gasteiger partial charge in [0.05, 0.1) is 25.3 Å². The molecule has 0 fully saturated rings. The molecule has 25 heavy (non-hydrogen) atoms. The van der Waals surface area contributed by atoms with Crippen LogP contribution in [0.15, 0.2) is 42.5 Å². The van der Waals surface area contributed by atoms with Gasteiger partial charge in [-0.05, 0) is 42.5 Å². The number of hydrogen-bond donors (Lipinski definition) is 0. The molecule has 0 saturated heterocycles. The predicted octanol–water partition coefficient (Wildman–Crippen LogP) is 3.37. The largest absolute Gasteiger partial charge is 0.490 e. The van der Waals surface area contributed by atoms with E-state index in [4.69, 9.17) is 21.1 Å². The lowest BCUT2D eigenvalue weighted by molar-refractivity contribution is 0.0598. The number of esters is 2. The molecule has 0 amide bonds. The number of rotatable bonds is 7. The van der Waals surface area contributed by atoms with E-state index in [9.17, 15) is 9.59 Å². The van der Waals surface area contributed by atoms with Gasteiger partial charge in [0, 0.05) is 5.02 Å². The Balaban J connectivity index is 2.01. The summed E-state index contributed by atoms with van der Waals surface area (Å²) in [6.07, 6.45) is 0. The second-order valence-electron chi connectivity index (χ2n) is 4.88. The molecular formula is C18H17ClO6. The molecule has 2 rings (SSSR count). The zero-order valence-corrected chi connectivity index (χ0v) is 14.5. The zero-order chi connectivity index (χ0) is 18.2. The van der Waals surface area contributed by atoms with Gasteiger partial charge in [0.15, 0.2) is 0 Å². The SMILES string of the molecule is COC(=O)c1cc(OCCOc2ccc(Cl)cc2)cc(C(=O)OC)c1. The van der Waals surface area contributed by atoms with Crippen molar-refractivity contribution in [2.75, 3.05) is 27.4 Å². The maximum Gasteiger partial charge on any atom is 0.338 e. The summed E-state index contributed by atoms with van der Waals surface area (Å²) in [6.45, 7) is 0.492. The number of carbonyl (C=O) groups excluding carboxylic acids is 2. The molecule has 0 aliphatic heterocycles. The minimum Gasteiger partial charge on any atom is -0.490 e. The summed E-state index contributed by atoms with van der Waals surface area (Å²) in [4.78, 5) is 23.4. The fourth-order valence-electron chi connectivity index (χ4n) is 2.00. The van der Waals surface area contributed by atoms with Gasteiger partial charge in [-0.1, -0.05) is 11.6 Å². The molecule has 132 valence electrons. The van der Waals surface area contributed by atoms with Crippen LogP contribution in [0, 0.1) is 0 Å². The van der Waals surface area contributed by atoms with E-state index >= 15 is 0 Å². The summed E-state index contributed by atoms with van der Waals surface area (Å²) in [7, 11) is 2.52. The molecule has 0 spiro atoms. The van der Waals surface area contributed by atoms with Crippen molar-refractivity contribution >= 4 is 23.5 Å². The number of benzene rings is 2. The number of halogens is 1. The van der Waals surface area contributed by atoms with E-state index in [2.05, 4.69) is 9.47 Å². The third-order valence-corrected chi connectivity index (χ3v) is 3.44. The molecule has 0 radical (unpaired) electrons. The van der Waals surface area contributed by atoms with Gasteiger partial charge in [0.2, 0.25) is 0 Å². The summed E-state index contributed by atoms with van der Waals surface area (Å²) >= 11 is 5.80. The van der Waals surface area contributed by atoms with Gasteiger partial charge in [-0.25, -0.2) is 9.59 Å². The van der Waals surface area contributed by atoms with Crippen molar-refractivity contribution in [3.63, 3.8) is 0 Å². The second kappa shape index (κ2) is 8.94. The van der Waals surface area contributed by atoms with Crippen molar-refractivity contribution in [2.45, 2.75) is 0 Å². The first-order valence-electron chi connectivity index (χ1n) is 7.36. The van der Waals surface area contributed by atoms with Crippen molar-refractivity contribution in [2.24, 2.45) is 0 Å². The lowest BCUT2D eigenvalue weighted by atomic mass is 10.1. The number of carbonyl (C=O) groups is 2. The standard InChI is InChI=1S/C18H17ClO6/c1-22-17(20)12-9-13(18(21)23-2)11-16(10-12)25-8-7-24-15-5-3-14(19)4-6-15/h3-6,9-11H,7-8H2,1-2H3. The topological polar surface area (TPSA) is 71.1 Å². The van der Waals surface area contributed by atoms with Crippen molar-refractivity contribution in [3.8, 4) is 11.5 Å².